The molecule has 0 bridgehead atoms. The third-order valence-electron chi connectivity index (χ3n) is 3.20. The minimum Gasteiger partial charge on any atom is -0.393 e. The summed E-state index contributed by atoms with van der Waals surface area (Å²) >= 11 is 0. The Morgan fingerprint density at radius 2 is 1.82 bits per heavy atom. The summed E-state index contributed by atoms with van der Waals surface area (Å²) in [6.45, 7) is 2.28. The quantitative estimate of drug-likeness (QED) is 0.586. The molecule has 0 aromatic carbocycles. The van der Waals surface area contributed by atoms with Gasteiger partial charge in [0.1, 0.15) is 0 Å². The van der Waals surface area contributed by atoms with Gasteiger partial charge in [-0.2, -0.15) is 0 Å². The standard InChI is InChI=1S/C9H17NO/c11-9-4-2-1-3-8(9)7-5-10-6-7/h7-11H,1-6H2. The predicted octanol–water partition coefficient (Wildman–Crippen LogP) is 0.757. The molecule has 2 rings (SSSR count). The Labute approximate surface area is 68.0 Å². The average molecular weight is 155 g/mol. The van der Waals surface area contributed by atoms with E-state index in [0.29, 0.717) is 5.92 Å². The Morgan fingerprint density at radius 3 is 2.36 bits per heavy atom. The largest absolute Gasteiger partial charge is 0.393 e. The molecule has 1 saturated carbocycles. The molecule has 1 heterocycles. The molecule has 64 valence electrons. The fraction of sp³-hybridized carbons (Fsp3) is 1.00. The minimum atomic E-state index is 0.0100. The van der Waals surface area contributed by atoms with Crippen LogP contribution in [0.4, 0.5) is 0 Å². The van der Waals surface area contributed by atoms with E-state index in [-0.39, 0.29) is 6.10 Å². The highest BCUT2D eigenvalue weighted by Crippen LogP contribution is 2.31. The van der Waals surface area contributed by atoms with Gasteiger partial charge in [-0.1, -0.05) is 12.8 Å². The second-order valence-corrected chi connectivity index (χ2v) is 3.93. The van der Waals surface area contributed by atoms with Crippen molar-refractivity contribution >= 4 is 0 Å². The highest BCUT2D eigenvalue weighted by Gasteiger charge is 2.33. The van der Waals surface area contributed by atoms with Crippen molar-refractivity contribution in [3.05, 3.63) is 0 Å². The fourth-order valence-corrected chi connectivity index (χ4v) is 2.30. The molecule has 0 radical (unpaired) electrons. The first-order valence-corrected chi connectivity index (χ1v) is 4.76. The van der Waals surface area contributed by atoms with Crippen LogP contribution in [0.25, 0.3) is 0 Å². The molecule has 11 heavy (non-hydrogen) atoms. The third-order valence-corrected chi connectivity index (χ3v) is 3.20. The van der Waals surface area contributed by atoms with Gasteiger partial charge < -0.3 is 10.4 Å². The molecule has 2 nitrogen and oxygen atoms in total. The van der Waals surface area contributed by atoms with Gasteiger partial charge >= 0.3 is 0 Å². The number of rotatable bonds is 1. The number of aliphatic hydroxyl groups excluding tert-OH is 1. The first-order chi connectivity index (χ1) is 5.38. The molecule has 0 amide bonds. The van der Waals surface area contributed by atoms with Gasteiger partial charge in [0.05, 0.1) is 6.10 Å². The van der Waals surface area contributed by atoms with Crippen molar-refractivity contribution in [3.8, 4) is 0 Å². The van der Waals surface area contributed by atoms with E-state index in [4.69, 9.17) is 0 Å². The number of hydrogen-bond acceptors (Lipinski definition) is 2. The molecule has 2 aliphatic rings. The lowest BCUT2D eigenvalue weighted by Crippen LogP contribution is -2.49. The van der Waals surface area contributed by atoms with Crippen LogP contribution in [0.1, 0.15) is 25.7 Å². The van der Waals surface area contributed by atoms with E-state index in [2.05, 4.69) is 5.32 Å². The van der Waals surface area contributed by atoms with E-state index in [0.717, 1.165) is 25.4 Å². The van der Waals surface area contributed by atoms with Crippen molar-refractivity contribution in [1.82, 2.24) is 5.32 Å². The first-order valence-electron chi connectivity index (χ1n) is 4.76. The maximum absolute atomic E-state index is 9.68. The van der Waals surface area contributed by atoms with Crippen molar-refractivity contribution in [3.63, 3.8) is 0 Å². The van der Waals surface area contributed by atoms with Crippen LogP contribution in [-0.2, 0) is 0 Å². The topological polar surface area (TPSA) is 32.3 Å². The maximum Gasteiger partial charge on any atom is 0.0572 e. The van der Waals surface area contributed by atoms with Crippen LogP contribution in [0.15, 0.2) is 0 Å². The van der Waals surface area contributed by atoms with E-state index >= 15 is 0 Å². The zero-order valence-electron chi connectivity index (χ0n) is 6.92. The van der Waals surface area contributed by atoms with Gasteiger partial charge in [0, 0.05) is 0 Å². The zero-order valence-corrected chi connectivity index (χ0v) is 6.92. The summed E-state index contributed by atoms with van der Waals surface area (Å²) in [5.74, 6) is 1.40. The van der Waals surface area contributed by atoms with Crippen LogP contribution in [0.2, 0.25) is 0 Å². The summed E-state index contributed by atoms with van der Waals surface area (Å²) in [7, 11) is 0. The predicted molar refractivity (Wildman–Crippen MR) is 44.3 cm³/mol. The smallest absolute Gasteiger partial charge is 0.0572 e. The zero-order chi connectivity index (χ0) is 7.68. The van der Waals surface area contributed by atoms with E-state index in [1.807, 2.05) is 0 Å². The SMILES string of the molecule is OC1CCCCC1C1CNC1. The Bertz CT molecular complexity index is 132. The monoisotopic (exact) mass is 155 g/mol. The fourth-order valence-electron chi connectivity index (χ4n) is 2.30. The van der Waals surface area contributed by atoms with Crippen molar-refractivity contribution in [2.75, 3.05) is 13.1 Å². The molecule has 2 unspecified atom stereocenters. The van der Waals surface area contributed by atoms with Gasteiger partial charge in [0.15, 0.2) is 0 Å². The summed E-state index contributed by atoms with van der Waals surface area (Å²) < 4.78 is 0. The molecule has 0 aromatic heterocycles. The van der Waals surface area contributed by atoms with Gasteiger partial charge in [-0.25, -0.2) is 0 Å². The van der Waals surface area contributed by atoms with Crippen LogP contribution < -0.4 is 5.32 Å². The van der Waals surface area contributed by atoms with Crippen LogP contribution in [-0.4, -0.2) is 24.3 Å². The average Bonchev–Trinajstić information content (AvgIpc) is 1.90. The van der Waals surface area contributed by atoms with Crippen LogP contribution >= 0.6 is 0 Å². The Balaban J connectivity index is 1.88. The van der Waals surface area contributed by atoms with E-state index in [1.165, 1.54) is 19.3 Å². The Morgan fingerprint density at radius 1 is 1.09 bits per heavy atom. The molecule has 1 aliphatic carbocycles. The minimum absolute atomic E-state index is 0.0100. The normalized spacial score (nSPS) is 40.1. The van der Waals surface area contributed by atoms with Gasteiger partial charge in [-0.3, -0.25) is 0 Å². The Kier molecular flexibility index (Phi) is 2.14. The molecular formula is C9H17NO. The van der Waals surface area contributed by atoms with Gasteiger partial charge in [0.25, 0.3) is 0 Å². The molecule has 2 heteroatoms. The second kappa shape index (κ2) is 3.11. The first kappa shape index (κ1) is 7.56. The van der Waals surface area contributed by atoms with Gasteiger partial charge in [0.2, 0.25) is 0 Å². The lowest BCUT2D eigenvalue weighted by atomic mass is 9.75. The van der Waals surface area contributed by atoms with Crippen LogP contribution in [0.3, 0.4) is 0 Å². The summed E-state index contributed by atoms with van der Waals surface area (Å²) in [6.07, 6.45) is 4.88. The molecule has 0 spiro atoms. The molecule has 1 aliphatic heterocycles. The second-order valence-electron chi connectivity index (χ2n) is 3.93. The lowest BCUT2D eigenvalue weighted by Gasteiger charge is -2.39. The van der Waals surface area contributed by atoms with Crippen molar-refractivity contribution < 1.29 is 5.11 Å². The molecular weight excluding hydrogens is 138 g/mol. The van der Waals surface area contributed by atoms with E-state index < -0.39 is 0 Å². The van der Waals surface area contributed by atoms with Crippen LogP contribution in [0.5, 0.6) is 0 Å². The molecule has 2 atom stereocenters. The van der Waals surface area contributed by atoms with Gasteiger partial charge in [-0.15, -0.1) is 0 Å². The molecule has 1 saturated heterocycles. The molecule has 2 fully saturated rings. The number of hydrogen-bond donors (Lipinski definition) is 2. The van der Waals surface area contributed by atoms with Gasteiger partial charge in [-0.05, 0) is 37.8 Å². The van der Waals surface area contributed by atoms with E-state index in [1.54, 1.807) is 0 Å². The van der Waals surface area contributed by atoms with Crippen molar-refractivity contribution in [1.29, 1.82) is 0 Å². The highest BCUT2D eigenvalue weighted by atomic mass is 16.3. The third kappa shape index (κ3) is 1.42. The molecule has 0 aromatic rings. The van der Waals surface area contributed by atoms with E-state index in [9.17, 15) is 5.11 Å². The summed E-state index contributed by atoms with van der Waals surface area (Å²) in [5, 5.41) is 12.9. The summed E-state index contributed by atoms with van der Waals surface area (Å²) in [4.78, 5) is 0. The number of aliphatic hydroxyl groups is 1. The summed E-state index contributed by atoms with van der Waals surface area (Å²) in [5.41, 5.74) is 0. The van der Waals surface area contributed by atoms with Crippen molar-refractivity contribution in [2.24, 2.45) is 11.8 Å². The molecule has 2 N–H and O–H groups in total. The maximum atomic E-state index is 9.68. The Hall–Kier alpha value is -0.0800. The highest BCUT2D eigenvalue weighted by molar-refractivity contribution is 4.87. The lowest BCUT2D eigenvalue weighted by molar-refractivity contribution is 0.0211. The van der Waals surface area contributed by atoms with Crippen molar-refractivity contribution in [2.45, 2.75) is 31.8 Å². The number of nitrogens with one attached hydrogen (secondary N) is 1. The summed E-state index contributed by atoms with van der Waals surface area (Å²) in [6, 6.07) is 0. The van der Waals surface area contributed by atoms with Crippen LogP contribution in [0, 0.1) is 11.8 Å².